The van der Waals surface area contributed by atoms with E-state index in [2.05, 4.69) is 4.98 Å². The molecule has 0 N–H and O–H groups in total. The summed E-state index contributed by atoms with van der Waals surface area (Å²) in [5.41, 5.74) is 1.72. The Balaban J connectivity index is 1.79. The normalized spacial score (nSPS) is 10.6. The Labute approximate surface area is 121 Å². The summed E-state index contributed by atoms with van der Waals surface area (Å²) < 4.78 is 0. The van der Waals surface area contributed by atoms with Crippen LogP contribution < -0.4 is 0 Å². The van der Waals surface area contributed by atoms with Crippen molar-refractivity contribution in [2.45, 2.75) is 4.90 Å². The maximum absolute atomic E-state index is 12.1. The quantitative estimate of drug-likeness (QED) is 0.529. The summed E-state index contributed by atoms with van der Waals surface area (Å²) >= 11 is 1.54. The number of carbonyl (C=O) groups excluding carboxylic acids is 1. The molecule has 1 aromatic heterocycles. The number of hydrogen-bond donors (Lipinski definition) is 0. The highest BCUT2D eigenvalue weighted by Crippen LogP contribution is 2.26. The van der Waals surface area contributed by atoms with Gasteiger partial charge in [0.15, 0.2) is 5.78 Å². The van der Waals surface area contributed by atoms with Gasteiger partial charge in [0, 0.05) is 22.0 Å². The number of rotatable bonds is 4. The van der Waals surface area contributed by atoms with Crippen molar-refractivity contribution in [3.05, 3.63) is 72.4 Å². The summed E-state index contributed by atoms with van der Waals surface area (Å²) in [7, 11) is 0. The van der Waals surface area contributed by atoms with Crippen LogP contribution in [-0.4, -0.2) is 16.5 Å². The van der Waals surface area contributed by atoms with E-state index in [0.717, 1.165) is 21.4 Å². The summed E-state index contributed by atoms with van der Waals surface area (Å²) in [4.78, 5) is 17.6. The fourth-order valence-corrected chi connectivity index (χ4v) is 2.98. The van der Waals surface area contributed by atoms with E-state index in [0.29, 0.717) is 5.75 Å². The summed E-state index contributed by atoms with van der Waals surface area (Å²) in [5, 5.41) is 1.10. The molecule has 0 unspecified atom stereocenters. The van der Waals surface area contributed by atoms with E-state index in [-0.39, 0.29) is 5.78 Å². The second-order valence-corrected chi connectivity index (χ2v) is 5.43. The molecule has 0 saturated heterocycles. The van der Waals surface area contributed by atoms with Gasteiger partial charge in [0.25, 0.3) is 0 Å². The van der Waals surface area contributed by atoms with Gasteiger partial charge in [-0.3, -0.25) is 9.78 Å². The summed E-state index contributed by atoms with van der Waals surface area (Å²) in [5.74, 6) is 0.572. The highest BCUT2D eigenvalue weighted by molar-refractivity contribution is 8.00. The van der Waals surface area contributed by atoms with Crippen LogP contribution in [0.15, 0.2) is 71.8 Å². The van der Waals surface area contributed by atoms with E-state index < -0.39 is 0 Å². The number of para-hydroxylation sites is 1. The van der Waals surface area contributed by atoms with Crippen LogP contribution in [0.2, 0.25) is 0 Å². The number of Topliss-reactive ketones (excluding diaryl/α,β-unsaturated/α-hetero) is 1. The molecule has 3 aromatic rings. The molecule has 0 amide bonds. The third-order valence-corrected chi connectivity index (χ3v) is 4.10. The van der Waals surface area contributed by atoms with E-state index in [4.69, 9.17) is 0 Å². The fourth-order valence-electron chi connectivity index (χ4n) is 2.04. The third-order valence-electron chi connectivity index (χ3n) is 3.05. The molecular weight excluding hydrogens is 266 g/mol. The number of hydrogen-bond acceptors (Lipinski definition) is 3. The van der Waals surface area contributed by atoms with Crippen molar-refractivity contribution >= 4 is 28.4 Å². The molecule has 0 atom stereocenters. The molecule has 0 fully saturated rings. The van der Waals surface area contributed by atoms with Crippen molar-refractivity contribution in [2.24, 2.45) is 0 Å². The Morgan fingerprint density at radius 3 is 2.60 bits per heavy atom. The number of aromatic nitrogens is 1. The molecule has 0 bridgehead atoms. The molecule has 2 aromatic carbocycles. The van der Waals surface area contributed by atoms with Gasteiger partial charge in [0.05, 0.1) is 11.3 Å². The van der Waals surface area contributed by atoms with Crippen LogP contribution in [0.25, 0.3) is 10.9 Å². The average molecular weight is 279 g/mol. The average Bonchev–Trinajstić information content (AvgIpc) is 2.53. The Hall–Kier alpha value is -2.13. The molecule has 3 heteroatoms. The minimum Gasteiger partial charge on any atom is -0.293 e. The smallest absolute Gasteiger partial charge is 0.173 e. The number of ketones is 1. The Morgan fingerprint density at radius 2 is 1.75 bits per heavy atom. The lowest BCUT2D eigenvalue weighted by Crippen LogP contribution is -2.01. The van der Waals surface area contributed by atoms with Gasteiger partial charge in [-0.25, -0.2) is 0 Å². The van der Waals surface area contributed by atoms with Crippen molar-refractivity contribution in [1.29, 1.82) is 0 Å². The molecule has 3 rings (SSSR count). The molecule has 0 aliphatic carbocycles. The predicted molar refractivity (Wildman–Crippen MR) is 83.2 cm³/mol. The van der Waals surface area contributed by atoms with Crippen molar-refractivity contribution in [3.8, 4) is 0 Å². The maximum atomic E-state index is 12.1. The van der Waals surface area contributed by atoms with Crippen LogP contribution >= 0.6 is 11.8 Å². The summed E-state index contributed by atoms with van der Waals surface area (Å²) in [6.45, 7) is 0. The molecule has 0 spiro atoms. The molecule has 1 heterocycles. The first kappa shape index (κ1) is 12.9. The third kappa shape index (κ3) is 2.73. The summed E-state index contributed by atoms with van der Waals surface area (Å²) in [6, 6.07) is 19.4. The van der Waals surface area contributed by atoms with Crippen molar-refractivity contribution in [1.82, 2.24) is 4.98 Å². The zero-order valence-corrected chi connectivity index (χ0v) is 11.6. The topological polar surface area (TPSA) is 30.0 Å². The Morgan fingerprint density at radius 1 is 0.950 bits per heavy atom. The highest BCUT2D eigenvalue weighted by Gasteiger charge is 2.08. The first-order valence-electron chi connectivity index (χ1n) is 6.39. The number of benzene rings is 2. The van der Waals surface area contributed by atoms with Crippen LogP contribution in [-0.2, 0) is 0 Å². The molecule has 2 nitrogen and oxygen atoms in total. The second-order valence-electron chi connectivity index (χ2n) is 4.41. The highest BCUT2D eigenvalue weighted by atomic mass is 32.2. The van der Waals surface area contributed by atoms with E-state index in [9.17, 15) is 4.79 Å². The molecule has 20 heavy (non-hydrogen) atoms. The SMILES string of the molecule is O=C(CSc1cccc2cccnc12)c1ccccc1. The van der Waals surface area contributed by atoms with E-state index in [1.54, 1.807) is 18.0 Å². The molecule has 0 aliphatic heterocycles. The molecular formula is C17H13NOS. The molecule has 98 valence electrons. The van der Waals surface area contributed by atoms with Gasteiger partial charge >= 0.3 is 0 Å². The predicted octanol–water partition coefficient (Wildman–Crippen LogP) is 4.21. The van der Waals surface area contributed by atoms with Crippen LogP contribution in [0.1, 0.15) is 10.4 Å². The number of pyridine rings is 1. The summed E-state index contributed by atoms with van der Waals surface area (Å²) in [6.07, 6.45) is 1.78. The van der Waals surface area contributed by atoms with E-state index >= 15 is 0 Å². The van der Waals surface area contributed by atoms with Crippen LogP contribution in [0, 0.1) is 0 Å². The molecule has 0 radical (unpaired) electrons. The van der Waals surface area contributed by atoms with Crippen molar-refractivity contribution < 1.29 is 4.79 Å². The van der Waals surface area contributed by atoms with Gasteiger partial charge in [0.1, 0.15) is 0 Å². The van der Waals surface area contributed by atoms with Crippen molar-refractivity contribution in [3.63, 3.8) is 0 Å². The van der Waals surface area contributed by atoms with Crippen LogP contribution in [0.5, 0.6) is 0 Å². The monoisotopic (exact) mass is 279 g/mol. The zero-order chi connectivity index (χ0) is 13.8. The maximum Gasteiger partial charge on any atom is 0.173 e. The lowest BCUT2D eigenvalue weighted by atomic mass is 10.2. The van der Waals surface area contributed by atoms with Gasteiger partial charge in [-0.1, -0.05) is 48.5 Å². The first-order valence-corrected chi connectivity index (χ1v) is 7.38. The fraction of sp³-hybridized carbons (Fsp3) is 0.0588. The zero-order valence-electron chi connectivity index (χ0n) is 10.8. The minimum absolute atomic E-state index is 0.142. The van der Waals surface area contributed by atoms with Gasteiger partial charge in [0.2, 0.25) is 0 Å². The van der Waals surface area contributed by atoms with Gasteiger partial charge < -0.3 is 0 Å². The Kier molecular flexibility index (Phi) is 3.79. The first-order chi connectivity index (χ1) is 9.84. The van der Waals surface area contributed by atoms with Crippen LogP contribution in [0.3, 0.4) is 0 Å². The second kappa shape index (κ2) is 5.88. The van der Waals surface area contributed by atoms with Crippen molar-refractivity contribution in [2.75, 3.05) is 5.75 Å². The number of thioether (sulfide) groups is 1. The minimum atomic E-state index is 0.142. The van der Waals surface area contributed by atoms with E-state index in [1.165, 1.54) is 0 Å². The van der Waals surface area contributed by atoms with Gasteiger partial charge in [-0.05, 0) is 12.1 Å². The van der Waals surface area contributed by atoms with E-state index in [1.807, 2.05) is 60.7 Å². The molecule has 0 saturated carbocycles. The number of fused-ring (bicyclic) bond motifs is 1. The lowest BCUT2D eigenvalue weighted by molar-refractivity contribution is 0.102. The number of nitrogens with zero attached hydrogens (tertiary/aromatic N) is 1. The Bertz CT molecular complexity index is 735. The van der Waals surface area contributed by atoms with Gasteiger partial charge in [-0.2, -0.15) is 0 Å². The standard InChI is InChI=1S/C17H13NOS/c19-15(13-6-2-1-3-7-13)12-20-16-10-4-8-14-9-5-11-18-17(14)16/h1-11H,12H2. The molecule has 0 aliphatic rings. The largest absolute Gasteiger partial charge is 0.293 e. The van der Waals surface area contributed by atoms with Crippen LogP contribution in [0.4, 0.5) is 0 Å². The lowest BCUT2D eigenvalue weighted by Gasteiger charge is -2.05. The number of carbonyl (C=O) groups is 1. The van der Waals surface area contributed by atoms with Gasteiger partial charge in [-0.15, -0.1) is 11.8 Å².